The van der Waals surface area contributed by atoms with Crippen LogP contribution in [-0.2, 0) is 7.05 Å². The van der Waals surface area contributed by atoms with E-state index in [9.17, 15) is 4.79 Å². The first kappa shape index (κ1) is 21.3. The van der Waals surface area contributed by atoms with Gasteiger partial charge in [-0.05, 0) is 61.1 Å². The fourth-order valence-corrected chi connectivity index (χ4v) is 4.89. The zero-order valence-corrected chi connectivity index (χ0v) is 19.3. The fourth-order valence-electron chi connectivity index (χ4n) is 4.89. The molecule has 1 amide bonds. The summed E-state index contributed by atoms with van der Waals surface area (Å²) in [6.07, 6.45) is 5.21. The number of rotatable bonds is 4. The molecule has 6 heteroatoms. The number of benzene rings is 2. The second kappa shape index (κ2) is 8.74. The summed E-state index contributed by atoms with van der Waals surface area (Å²) < 4.78 is 2.08. The maximum absolute atomic E-state index is 13.4. The van der Waals surface area contributed by atoms with Crippen molar-refractivity contribution in [2.24, 2.45) is 7.05 Å². The smallest absolute Gasteiger partial charge is 0.253 e. The summed E-state index contributed by atoms with van der Waals surface area (Å²) in [6, 6.07) is 16.2. The van der Waals surface area contributed by atoms with Gasteiger partial charge in [-0.3, -0.25) is 4.79 Å². The molecule has 1 N–H and O–H groups in total. The number of amides is 1. The number of likely N-dealkylation sites (tertiary alicyclic amines) is 1. The Morgan fingerprint density at radius 3 is 2.39 bits per heavy atom. The van der Waals surface area contributed by atoms with Crippen molar-refractivity contribution in [1.29, 1.82) is 5.26 Å². The van der Waals surface area contributed by atoms with Crippen molar-refractivity contribution in [3.8, 4) is 17.3 Å². The van der Waals surface area contributed by atoms with E-state index in [2.05, 4.69) is 57.9 Å². The summed E-state index contributed by atoms with van der Waals surface area (Å²) in [5, 5.41) is 9.01. The predicted octanol–water partition coefficient (Wildman–Crippen LogP) is 3.92. The van der Waals surface area contributed by atoms with Crippen molar-refractivity contribution >= 4 is 11.6 Å². The van der Waals surface area contributed by atoms with E-state index in [1.54, 1.807) is 0 Å². The Hall–Kier alpha value is -3.59. The minimum absolute atomic E-state index is 0.109. The van der Waals surface area contributed by atoms with Crippen molar-refractivity contribution in [3.63, 3.8) is 0 Å². The zero-order chi connectivity index (χ0) is 22.9. The lowest BCUT2D eigenvalue weighted by Gasteiger charge is -2.35. The van der Waals surface area contributed by atoms with Crippen LogP contribution in [0.25, 0.3) is 11.3 Å². The van der Waals surface area contributed by atoms with Crippen LogP contribution in [0.1, 0.15) is 52.5 Å². The number of nitrogens with one attached hydrogen (secondary N) is 1. The van der Waals surface area contributed by atoms with E-state index in [1.165, 1.54) is 17.7 Å². The van der Waals surface area contributed by atoms with Crippen LogP contribution in [0.2, 0.25) is 0 Å². The largest absolute Gasteiger partial charge is 0.371 e. The molecule has 33 heavy (non-hydrogen) atoms. The standard InChI is InChI=1S/C27H29N5O/c1-19-29-25(18-30(19)2)24-16-23(8-9-26(24)31-12-3-13-31)27(33)32-14-10-22(11-15-32)21-6-4-20(17-28)5-7-21/h4-9,16,18,22H,3,10-15H2,1-2H3/p+1. The van der Waals surface area contributed by atoms with Gasteiger partial charge in [0.2, 0.25) is 0 Å². The lowest BCUT2D eigenvalue weighted by molar-refractivity contribution is -0.676. The average molecular weight is 441 g/mol. The molecule has 0 spiro atoms. The molecule has 0 unspecified atom stereocenters. The van der Waals surface area contributed by atoms with Crippen LogP contribution in [-0.4, -0.2) is 42.0 Å². The van der Waals surface area contributed by atoms with E-state index in [0.29, 0.717) is 11.5 Å². The number of anilines is 1. The third kappa shape index (κ3) is 4.11. The first-order valence-corrected chi connectivity index (χ1v) is 11.8. The number of imidazole rings is 1. The normalized spacial score (nSPS) is 16.4. The first-order valence-electron chi connectivity index (χ1n) is 11.8. The minimum Gasteiger partial charge on any atom is -0.371 e. The number of aromatic nitrogens is 2. The Labute approximate surface area is 195 Å². The Morgan fingerprint density at radius 2 is 1.82 bits per heavy atom. The molecule has 3 heterocycles. The van der Waals surface area contributed by atoms with Crippen LogP contribution >= 0.6 is 0 Å². The van der Waals surface area contributed by atoms with E-state index < -0.39 is 0 Å². The van der Waals surface area contributed by atoms with Gasteiger partial charge in [0, 0.05) is 49.9 Å². The van der Waals surface area contributed by atoms with Gasteiger partial charge < -0.3 is 9.80 Å². The number of hydrogen-bond donors (Lipinski definition) is 1. The number of nitrogens with zero attached hydrogens (tertiary/aromatic N) is 4. The molecule has 0 radical (unpaired) electrons. The summed E-state index contributed by atoms with van der Waals surface area (Å²) >= 11 is 0. The van der Waals surface area contributed by atoms with Gasteiger partial charge in [0.25, 0.3) is 11.7 Å². The molecular formula is C27H30N5O+. The summed E-state index contributed by atoms with van der Waals surface area (Å²) in [5.41, 5.74) is 6.04. The summed E-state index contributed by atoms with van der Waals surface area (Å²) in [5.74, 6) is 1.63. The molecule has 5 rings (SSSR count). The molecule has 2 aromatic carbocycles. The number of hydrogen-bond acceptors (Lipinski definition) is 3. The van der Waals surface area contributed by atoms with Crippen molar-refractivity contribution < 1.29 is 9.36 Å². The quantitative estimate of drug-likeness (QED) is 0.626. The highest BCUT2D eigenvalue weighted by Crippen LogP contribution is 2.34. The number of carbonyl (C=O) groups excluding carboxylic acids is 1. The van der Waals surface area contributed by atoms with Crippen LogP contribution in [0.3, 0.4) is 0 Å². The van der Waals surface area contributed by atoms with Crippen LogP contribution < -0.4 is 9.47 Å². The molecule has 0 aliphatic carbocycles. The number of carbonyl (C=O) groups is 1. The fraction of sp³-hybridized carbons (Fsp3) is 0.370. The van der Waals surface area contributed by atoms with Gasteiger partial charge in [0.05, 0.1) is 18.7 Å². The van der Waals surface area contributed by atoms with E-state index >= 15 is 0 Å². The molecule has 1 aromatic heterocycles. The van der Waals surface area contributed by atoms with Gasteiger partial charge in [-0.25, -0.2) is 9.55 Å². The SMILES string of the molecule is Cc1[nH]c(-c2cc(C(=O)N3CCC(c4ccc(C#N)cc4)CC3)ccc2N2CCC2)c[n+]1C. The molecule has 3 aromatic rings. The Bertz CT molecular complexity index is 1190. The summed E-state index contributed by atoms with van der Waals surface area (Å²) in [4.78, 5) is 21.2. The molecule has 2 saturated heterocycles. The minimum atomic E-state index is 0.109. The highest BCUT2D eigenvalue weighted by atomic mass is 16.2. The molecule has 2 fully saturated rings. The van der Waals surface area contributed by atoms with E-state index in [0.717, 1.165) is 61.7 Å². The Kier molecular flexibility index (Phi) is 5.63. The van der Waals surface area contributed by atoms with Gasteiger partial charge >= 0.3 is 0 Å². The summed E-state index contributed by atoms with van der Waals surface area (Å²) in [7, 11) is 2.03. The van der Waals surface area contributed by atoms with Gasteiger partial charge in [-0.2, -0.15) is 5.26 Å². The molecule has 0 atom stereocenters. The average Bonchev–Trinajstić information content (AvgIpc) is 3.16. The maximum Gasteiger partial charge on any atom is 0.253 e. The molecule has 2 aliphatic rings. The number of aromatic amines is 1. The molecule has 168 valence electrons. The van der Waals surface area contributed by atoms with Crippen LogP contribution in [0.15, 0.2) is 48.7 Å². The third-order valence-electron chi connectivity index (χ3n) is 7.19. The highest BCUT2D eigenvalue weighted by molar-refractivity contribution is 5.97. The maximum atomic E-state index is 13.4. The van der Waals surface area contributed by atoms with Crippen LogP contribution in [0.5, 0.6) is 0 Å². The third-order valence-corrected chi connectivity index (χ3v) is 7.19. The lowest BCUT2D eigenvalue weighted by atomic mass is 9.88. The van der Waals surface area contributed by atoms with E-state index in [-0.39, 0.29) is 5.91 Å². The zero-order valence-electron chi connectivity index (χ0n) is 19.3. The predicted molar refractivity (Wildman–Crippen MR) is 128 cm³/mol. The molecule has 0 bridgehead atoms. The van der Waals surface area contributed by atoms with E-state index in [1.807, 2.05) is 30.1 Å². The number of piperidine rings is 1. The number of H-pyrrole nitrogens is 1. The topological polar surface area (TPSA) is 67.0 Å². The Morgan fingerprint density at radius 1 is 1.09 bits per heavy atom. The van der Waals surface area contributed by atoms with Gasteiger partial charge in [0.1, 0.15) is 6.20 Å². The molecular weight excluding hydrogens is 410 g/mol. The van der Waals surface area contributed by atoms with Crippen molar-refractivity contribution in [2.75, 3.05) is 31.1 Å². The summed E-state index contributed by atoms with van der Waals surface area (Å²) in [6.45, 7) is 5.69. The first-order chi connectivity index (χ1) is 16.0. The Balaban J connectivity index is 1.34. The molecule has 2 aliphatic heterocycles. The second-order valence-corrected chi connectivity index (χ2v) is 9.24. The van der Waals surface area contributed by atoms with Crippen molar-refractivity contribution in [2.45, 2.75) is 32.1 Å². The van der Waals surface area contributed by atoms with E-state index in [4.69, 9.17) is 5.26 Å². The monoisotopic (exact) mass is 440 g/mol. The molecule has 6 nitrogen and oxygen atoms in total. The second-order valence-electron chi connectivity index (χ2n) is 9.24. The van der Waals surface area contributed by atoms with Gasteiger partial charge in [-0.15, -0.1) is 0 Å². The van der Waals surface area contributed by atoms with Crippen molar-refractivity contribution in [1.82, 2.24) is 9.88 Å². The number of aryl methyl sites for hydroxylation is 2. The molecule has 0 saturated carbocycles. The van der Waals surface area contributed by atoms with Crippen LogP contribution in [0.4, 0.5) is 5.69 Å². The van der Waals surface area contributed by atoms with Crippen LogP contribution in [0, 0.1) is 18.3 Å². The highest BCUT2D eigenvalue weighted by Gasteiger charge is 2.27. The van der Waals surface area contributed by atoms with Gasteiger partial charge in [0.15, 0.2) is 5.69 Å². The van der Waals surface area contributed by atoms with Gasteiger partial charge in [-0.1, -0.05) is 12.1 Å². The number of nitriles is 1. The lowest BCUT2D eigenvalue weighted by Crippen LogP contribution is -2.38. The van der Waals surface area contributed by atoms with Crippen molar-refractivity contribution in [3.05, 3.63) is 71.2 Å².